The Morgan fingerprint density at radius 2 is 1.63 bits per heavy atom. The molecule has 1 saturated heterocycles. The number of hydrogen-bond acceptors (Lipinski definition) is 4. The molecule has 1 aliphatic carbocycles. The number of piperidine rings is 1. The number of carbonyl (C=O) groups is 1. The van der Waals surface area contributed by atoms with Crippen LogP contribution in [0.5, 0.6) is 0 Å². The van der Waals surface area contributed by atoms with Crippen LogP contribution in [-0.4, -0.2) is 54.4 Å². The van der Waals surface area contributed by atoms with Crippen LogP contribution in [0, 0.1) is 26.7 Å². The number of carbonyl (C=O) groups excluding carboxylic acids is 1. The standard InChI is InChI=1S/C32H42N4O.2C2H6/c1-21(17-30-24(4)34-14-11-29(30)31-22(2)18-28(33)19-23(31)3)20-36-15-12-26(13-16-36)25-7-9-27(10-8-25)32(37)35(5)6;2*1-2/h7,9,11,14,17-19,26H,8,10,12-13,15-16,20,33H2,1-6H3;2*1-2H3/b21-17+;;. The van der Waals surface area contributed by atoms with Crippen molar-refractivity contribution in [2.75, 3.05) is 39.5 Å². The lowest BCUT2D eigenvalue weighted by molar-refractivity contribution is -0.124. The number of aryl methyl sites for hydroxylation is 3. The zero-order valence-corrected chi connectivity index (χ0v) is 27.4. The van der Waals surface area contributed by atoms with Crippen LogP contribution in [0.4, 0.5) is 5.69 Å². The Kier molecular flexibility index (Phi) is 13.5. The summed E-state index contributed by atoms with van der Waals surface area (Å²) in [5.74, 6) is 0.775. The maximum absolute atomic E-state index is 12.2. The molecule has 1 aromatic heterocycles. The summed E-state index contributed by atoms with van der Waals surface area (Å²) in [4.78, 5) is 21.1. The van der Waals surface area contributed by atoms with E-state index in [-0.39, 0.29) is 5.91 Å². The monoisotopic (exact) mass is 558 g/mol. The molecule has 1 aromatic carbocycles. The number of benzene rings is 1. The van der Waals surface area contributed by atoms with Gasteiger partial charge in [-0.15, -0.1) is 0 Å². The molecule has 0 atom stereocenters. The molecule has 2 heterocycles. The highest BCUT2D eigenvalue weighted by Gasteiger charge is 2.24. The molecule has 1 aliphatic heterocycles. The van der Waals surface area contributed by atoms with Crippen LogP contribution in [-0.2, 0) is 4.79 Å². The molecule has 41 heavy (non-hydrogen) atoms. The highest BCUT2D eigenvalue weighted by Crippen LogP contribution is 2.35. The van der Waals surface area contributed by atoms with Gasteiger partial charge < -0.3 is 10.6 Å². The first kappa shape index (κ1) is 34.0. The van der Waals surface area contributed by atoms with E-state index >= 15 is 0 Å². The van der Waals surface area contributed by atoms with E-state index in [0.717, 1.165) is 49.4 Å². The molecular weight excluding hydrogens is 504 g/mol. The zero-order chi connectivity index (χ0) is 30.7. The van der Waals surface area contributed by atoms with Crippen molar-refractivity contribution in [2.24, 2.45) is 5.92 Å². The lowest BCUT2D eigenvalue weighted by Gasteiger charge is -2.34. The third-order valence-corrected chi connectivity index (χ3v) is 7.85. The van der Waals surface area contributed by atoms with Gasteiger partial charge in [0.25, 0.3) is 0 Å². The quantitative estimate of drug-likeness (QED) is 0.363. The van der Waals surface area contributed by atoms with Crippen LogP contribution >= 0.6 is 0 Å². The Hall–Kier alpha value is -3.18. The van der Waals surface area contributed by atoms with Gasteiger partial charge in [0.2, 0.25) is 5.91 Å². The molecule has 5 nitrogen and oxygen atoms in total. The molecule has 0 radical (unpaired) electrons. The summed E-state index contributed by atoms with van der Waals surface area (Å²) in [5, 5.41) is 0. The second-order valence-corrected chi connectivity index (χ2v) is 11.1. The molecule has 5 heteroatoms. The smallest absolute Gasteiger partial charge is 0.249 e. The van der Waals surface area contributed by atoms with Gasteiger partial charge in [0, 0.05) is 49.4 Å². The van der Waals surface area contributed by atoms with Crippen LogP contribution in [0.2, 0.25) is 0 Å². The van der Waals surface area contributed by atoms with Gasteiger partial charge in [-0.1, -0.05) is 57.1 Å². The van der Waals surface area contributed by atoms with Gasteiger partial charge in [0.1, 0.15) is 0 Å². The molecule has 2 aromatic rings. The molecule has 2 N–H and O–H groups in total. The van der Waals surface area contributed by atoms with E-state index in [1.807, 2.05) is 48.0 Å². The van der Waals surface area contributed by atoms with Crippen LogP contribution in [0.15, 0.2) is 53.3 Å². The van der Waals surface area contributed by atoms with E-state index < -0.39 is 0 Å². The van der Waals surface area contributed by atoms with E-state index in [1.54, 1.807) is 4.90 Å². The molecule has 0 unspecified atom stereocenters. The number of rotatable bonds is 6. The van der Waals surface area contributed by atoms with E-state index in [0.29, 0.717) is 5.92 Å². The number of likely N-dealkylation sites (N-methyl/N-ethyl adjacent to an activating group) is 1. The zero-order valence-electron chi connectivity index (χ0n) is 27.4. The van der Waals surface area contributed by atoms with Crippen molar-refractivity contribution in [3.05, 3.63) is 75.7 Å². The maximum Gasteiger partial charge on any atom is 0.249 e. The Labute approximate surface area is 250 Å². The Morgan fingerprint density at radius 3 is 2.17 bits per heavy atom. The molecular formula is C36H54N4O. The minimum atomic E-state index is 0.140. The molecule has 1 fully saturated rings. The number of pyridine rings is 1. The largest absolute Gasteiger partial charge is 0.399 e. The van der Waals surface area contributed by atoms with Crippen LogP contribution in [0.1, 0.15) is 82.7 Å². The molecule has 1 amide bonds. The maximum atomic E-state index is 12.2. The summed E-state index contributed by atoms with van der Waals surface area (Å²) in [6, 6.07) is 6.25. The summed E-state index contributed by atoms with van der Waals surface area (Å²) in [7, 11) is 3.65. The predicted molar refractivity (Wildman–Crippen MR) is 178 cm³/mol. The van der Waals surface area contributed by atoms with Crippen molar-refractivity contribution in [1.29, 1.82) is 0 Å². The van der Waals surface area contributed by atoms with Gasteiger partial charge in [-0.3, -0.25) is 14.7 Å². The topological polar surface area (TPSA) is 62.5 Å². The first-order valence-corrected chi connectivity index (χ1v) is 15.5. The van der Waals surface area contributed by atoms with E-state index in [1.165, 1.54) is 51.8 Å². The van der Waals surface area contributed by atoms with Crippen LogP contribution < -0.4 is 5.73 Å². The van der Waals surface area contributed by atoms with Gasteiger partial charge in [-0.25, -0.2) is 0 Å². The summed E-state index contributed by atoms with van der Waals surface area (Å²) in [5.41, 5.74) is 17.8. The fraction of sp³-hybridized carbons (Fsp3) is 0.500. The van der Waals surface area contributed by atoms with Gasteiger partial charge in [0.15, 0.2) is 0 Å². The Bertz CT molecular complexity index is 1240. The number of aromatic nitrogens is 1. The second kappa shape index (κ2) is 16.3. The SMILES string of the molecule is C/C(=C\c1c(-c2c(C)cc(N)cc2C)ccnc1C)CN1CCC(C2=CC=C(C(=O)N(C)C)CC2)CC1.CC.CC. The normalized spacial score (nSPS) is 16.0. The van der Waals surface area contributed by atoms with Gasteiger partial charge >= 0.3 is 0 Å². The highest BCUT2D eigenvalue weighted by molar-refractivity contribution is 5.93. The number of hydrogen-bond donors (Lipinski definition) is 1. The number of nitrogen functional groups attached to an aromatic ring is 1. The number of allylic oxidation sites excluding steroid dienone is 3. The first-order valence-electron chi connectivity index (χ1n) is 15.5. The molecule has 0 saturated carbocycles. The second-order valence-electron chi connectivity index (χ2n) is 11.1. The number of likely N-dealkylation sites (tertiary alicyclic amines) is 1. The summed E-state index contributed by atoms with van der Waals surface area (Å²) in [6.45, 7) is 19.8. The molecule has 0 bridgehead atoms. The number of nitrogens with two attached hydrogens (primary N) is 1. The predicted octanol–water partition coefficient (Wildman–Crippen LogP) is 8.16. The van der Waals surface area contributed by atoms with Crippen molar-refractivity contribution in [3.8, 4) is 11.1 Å². The number of nitrogens with zero attached hydrogens (tertiary/aromatic N) is 3. The van der Waals surface area contributed by atoms with Crippen molar-refractivity contribution in [1.82, 2.24) is 14.8 Å². The molecule has 2 aliphatic rings. The third kappa shape index (κ3) is 8.90. The van der Waals surface area contributed by atoms with E-state index in [2.05, 4.69) is 74.0 Å². The lowest BCUT2D eigenvalue weighted by atomic mass is 9.83. The number of anilines is 1. The van der Waals surface area contributed by atoms with Crippen molar-refractivity contribution in [3.63, 3.8) is 0 Å². The van der Waals surface area contributed by atoms with Crippen LogP contribution in [0.25, 0.3) is 17.2 Å². The fourth-order valence-electron chi connectivity index (χ4n) is 5.97. The minimum Gasteiger partial charge on any atom is -0.399 e. The Morgan fingerprint density at radius 1 is 1.02 bits per heavy atom. The molecule has 4 rings (SSSR count). The summed E-state index contributed by atoms with van der Waals surface area (Å²) < 4.78 is 0. The van der Waals surface area contributed by atoms with Crippen LogP contribution in [0.3, 0.4) is 0 Å². The highest BCUT2D eigenvalue weighted by atomic mass is 16.2. The van der Waals surface area contributed by atoms with Gasteiger partial charge in [0.05, 0.1) is 0 Å². The summed E-state index contributed by atoms with van der Waals surface area (Å²) in [6.07, 6.45) is 12.8. The van der Waals surface area contributed by atoms with E-state index in [4.69, 9.17) is 5.73 Å². The van der Waals surface area contributed by atoms with Crippen molar-refractivity contribution in [2.45, 2.75) is 81.1 Å². The lowest BCUT2D eigenvalue weighted by Crippen LogP contribution is -2.35. The number of amides is 1. The molecule has 0 spiro atoms. The summed E-state index contributed by atoms with van der Waals surface area (Å²) >= 11 is 0. The van der Waals surface area contributed by atoms with Crippen molar-refractivity contribution >= 4 is 17.7 Å². The first-order chi connectivity index (χ1) is 19.6. The minimum absolute atomic E-state index is 0.140. The third-order valence-electron chi connectivity index (χ3n) is 7.85. The van der Waals surface area contributed by atoms with Crippen molar-refractivity contribution < 1.29 is 4.79 Å². The molecule has 224 valence electrons. The van der Waals surface area contributed by atoms with Gasteiger partial charge in [-0.2, -0.15) is 0 Å². The Balaban J connectivity index is 0.00000141. The van der Waals surface area contributed by atoms with E-state index in [9.17, 15) is 4.79 Å². The fourth-order valence-corrected chi connectivity index (χ4v) is 5.97. The average molecular weight is 559 g/mol. The average Bonchev–Trinajstić information content (AvgIpc) is 2.96. The van der Waals surface area contributed by atoms with Gasteiger partial charge in [-0.05, 0) is 113 Å².